The monoisotopic (exact) mass is 311 g/mol. The van der Waals surface area contributed by atoms with Crippen molar-refractivity contribution in [3.05, 3.63) is 16.1 Å². The highest BCUT2D eigenvalue weighted by molar-refractivity contribution is 7.09. The second-order valence-corrected chi connectivity index (χ2v) is 7.61. The summed E-state index contributed by atoms with van der Waals surface area (Å²) in [5.41, 5.74) is 1.11. The molecule has 6 heteroatoms. The lowest BCUT2D eigenvalue weighted by molar-refractivity contribution is 0.129. The van der Waals surface area contributed by atoms with Crippen molar-refractivity contribution < 1.29 is 9.90 Å². The summed E-state index contributed by atoms with van der Waals surface area (Å²) in [6.45, 7) is 8.44. The number of thiazole rings is 1. The average molecular weight is 311 g/mol. The van der Waals surface area contributed by atoms with Crippen LogP contribution in [0.25, 0.3) is 0 Å². The molecule has 118 valence electrons. The van der Waals surface area contributed by atoms with E-state index < -0.39 is 0 Å². The second kappa shape index (κ2) is 6.75. The third-order valence-electron chi connectivity index (χ3n) is 3.78. The number of amides is 2. The molecule has 2 heterocycles. The fourth-order valence-electron chi connectivity index (χ4n) is 2.40. The number of rotatable bonds is 3. The first-order chi connectivity index (χ1) is 9.90. The van der Waals surface area contributed by atoms with Crippen molar-refractivity contribution >= 4 is 17.4 Å². The highest BCUT2D eigenvalue weighted by Gasteiger charge is 2.23. The maximum Gasteiger partial charge on any atom is 0.317 e. The third-order valence-corrected chi connectivity index (χ3v) is 4.62. The number of nitrogens with zero attached hydrogens (tertiary/aromatic N) is 2. The molecule has 1 fully saturated rings. The SMILES string of the molecule is CC(C)(C)c1csc(CNC(=O)N2CCCC(CO)C2)n1. The van der Waals surface area contributed by atoms with Crippen LogP contribution in [-0.4, -0.2) is 40.7 Å². The lowest BCUT2D eigenvalue weighted by Crippen LogP contribution is -2.45. The Bertz CT molecular complexity index is 482. The van der Waals surface area contributed by atoms with Crippen LogP contribution < -0.4 is 5.32 Å². The molecule has 0 spiro atoms. The molecule has 1 aromatic heterocycles. The number of aliphatic hydroxyl groups is 1. The second-order valence-electron chi connectivity index (χ2n) is 6.67. The van der Waals surface area contributed by atoms with Gasteiger partial charge in [0.2, 0.25) is 0 Å². The summed E-state index contributed by atoms with van der Waals surface area (Å²) in [5, 5.41) is 15.1. The lowest BCUT2D eigenvalue weighted by atomic mass is 9.93. The number of hydrogen-bond donors (Lipinski definition) is 2. The Labute approximate surface area is 130 Å². The zero-order valence-electron chi connectivity index (χ0n) is 13.1. The van der Waals surface area contributed by atoms with Gasteiger partial charge in [-0.25, -0.2) is 9.78 Å². The lowest BCUT2D eigenvalue weighted by Gasteiger charge is -2.31. The Hall–Kier alpha value is -1.14. The Morgan fingerprint density at radius 1 is 1.57 bits per heavy atom. The van der Waals surface area contributed by atoms with Gasteiger partial charge in [0.1, 0.15) is 5.01 Å². The molecule has 1 aromatic rings. The van der Waals surface area contributed by atoms with Crippen molar-refractivity contribution in [3.63, 3.8) is 0 Å². The molecule has 1 atom stereocenters. The Kier molecular flexibility index (Phi) is 5.22. The Morgan fingerprint density at radius 3 is 2.95 bits per heavy atom. The molecular formula is C15H25N3O2S. The fraction of sp³-hybridized carbons (Fsp3) is 0.733. The summed E-state index contributed by atoms with van der Waals surface area (Å²) in [6.07, 6.45) is 1.96. The van der Waals surface area contributed by atoms with Crippen LogP contribution in [0.2, 0.25) is 0 Å². The molecule has 0 aromatic carbocycles. The Balaban J connectivity index is 1.85. The summed E-state index contributed by atoms with van der Waals surface area (Å²) in [6, 6.07) is -0.0549. The van der Waals surface area contributed by atoms with Gasteiger partial charge in [-0.2, -0.15) is 0 Å². The van der Waals surface area contributed by atoms with Crippen LogP contribution in [0.15, 0.2) is 5.38 Å². The zero-order valence-corrected chi connectivity index (χ0v) is 13.9. The standard InChI is InChI=1S/C15H25N3O2S/c1-15(2,3)12-10-21-13(17-12)7-16-14(20)18-6-4-5-11(8-18)9-19/h10-11,19H,4-9H2,1-3H3,(H,16,20). The first-order valence-electron chi connectivity index (χ1n) is 7.48. The first kappa shape index (κ1) is 16.2. The van der Waals surface area contributed by atoms with Crippen LogP contribution in [0.3, 0.4) is 0 Å². The molecule has 0 saturated carbocycles. The van der Waals surface area contributed by atoms with E-state index in [9.17, 15) is 9.90 Å². The van der Waals surface area contributed by atoms with E-state index in [2.05, 4.69) is 36.5 Å². The van der Waals surface area contributed by atoms with Crippen LogP contribution in [0, 0.1) is 5.92 Å². The zero-order chi connectivity index (χ0) is 15.5. The number of carbonyl (C=O) groups is 1. The Morgan fingerprint density at radius 2 is 2.33 bits per heavy atom. The van der Waals surface area contributed by atoms with Crippen molar-refractivity contribution in [1.82, 2.24) is 15.2 Å². The van der Waals surface area contributed by atoms with Gasteiger partial charge in [0.05, 0.1) is 12.2 Å². The number of hydrogen-bond acceptors (Lipinski definition) is 4. The largest absolute Gasteiger partial charge is 0.396 e. The van der Waals surface area contributed by atoms with Crippen LogP contribution in [0.4, 0.5) is 4.79 Å². The van der Waals surface area contributed by atoms with E-state index in [0.717, 1.165) is 30.1 Å². The molecule has 2 amide bonds. The fourth-order valence-corrected chi connectivity index (χ4v) is 3.36. The van der Waals surface area contributed by atoms with E-state index in [1.165, 1.54) is 0 Å². The van der Waals surface area contributed by atoms with Gasteiger partial charge < -0.3 is 15.3 Å². The topological polar surface area (TPSA) is 65.5 Å². The highest BCUT2D eigenvalue weighted by Crippen LogP contribution is 2.23. The minimum absolute atomic E-state index is 0.0416. The summed E-state index contributed by atoms with van der Waals surface area (Å²) < 4.78 is 0. The molecule has 0 aliphatic carbocycles. The number of aliphatic hydroxyl groups excluding tert-OH is 1. The van der Waals surface area contributed by atoms with Gasteiger partial charge in [-0.15, -0.1) is 11.3 Å². The van der Waals surface area contributed by atoms with Crippen molar-refractivity contribution in [2.24, 2.45) is 5.92 Å². The molecule has 1 saturated heterocycles. The number of urea groups is 1. The molecule has 5 nitrogen and oxygen atoms in total. The number of nitrogens with one attached hydrogen (secondary N) is 1. The smallest absolute Gasteiger partial charge is 0.317 e. The molecule has 1 aliphatic rings. The van der Waals surface area contributed by atoms with E-state index in [1.54, 1.807) is 16.2 Å². The van der Waals surface area contributed by atoms with Crippen molar-refractivity contribution in [2.75, 3.05) is 19.7 Å². The minimum Gasteiger partial charge on any atom is -0.396 e. The van der Waals surface area contributed by atoms with E-state index in [4.69, 9.17) is 0 Å². The number of carbonyl (C=O) groups excluding carboxylic acids is 1. The van der Waals surface area contributed by atoms with Gasteiger partial charge in [0, 0.05) is 30.5 Å². The molecule has 2 N–H and O–H groups in total. The van der Waals surface area contributed by atoms with Gasteiger partial charge in [0.15, 0.2) is 0 Å². The van der Waals surface area contributed by atoms with E-state index in [-0.39, 0.29) is 24.0 Å². The van der Waals surface area contributed by atoms with Crippen LogP contribution in [-0.2, 0) is 12.0 Å². The summed E-state index contributed by atoms with van der Waals surface area (Å²) in [7, 11) is 0. The molecule has 2 rings (SSSR count). The van der Waals surface area contributed by atoms with E-state index >= 15 is 0 Å². The van der Waals surface area contributed by atoms with Crippen molar-refractivity contribution in [2.45, 2.75) is 45.6 Å². The van der Waals surface area contributed by atoms with Crippen LogP contribution in [0.1, 0.15) is 44.3 Å². The van der Waals surface area contributed by atoms with Gasteiger partial charge >= 0.3 is 6.03 Å². The molecule has 1 aliphatic heterocycles. The quantitative estimate of drug-likeness (QED) is 0.900. The third kappa shape index (κ3) is 4.41. The highest BCUT2D eigenvalue weighted by atomic mass is 32.1. The van der Waals surface area contributed by atoms with Crippen LogP contribution in [0.5, 0.6) is 0 Å². The van der Waals surface area contributed by atoms with Crippen LogP contribution >= 0.6 is 11.3 Å². The molecule has 1 unspecified atom stereocenters. The number of likely N-dealkylation sites (tertiary alicyclic amines) is 1. The van der Waals surface area contributed by atoms with Crippen molar-refractivity contribution in [1.29, 1.82) is 0 Å². The van der Waals surface area contributed by atoms with Gasteiger partial charge in [-0.05, 0) is 18.8 Å². The molecule has 0 bridgehead atoms. The minimum atomic E-state index is -0.0549. The van der Waals surface area contributed by atoms with Crippen molar-refractivity contribution in [3.8, 4) is 0 Å². The van der Waals surface area contributed by atoms with E-state index in [0.29, 0.717) is 13.1 Å². The first-order valence-corrected chi connectivity index (χ1v) is 8.36. The van der Waals surface area contributed by atoms with E-state index in [1.807, 2.05) is 0 Å². The number of aromatic nitrogens is 1. The van der Waals surface area contributed by atoms with Gasteiger partial charge in [0.25, 0.3) is 0 Å². The maximum absolute atomic E-state index is 12.1. The van der Waals surface area contributed by atoms with Gasteiger partial charge in [-0.3, -0.25) is 0 Å². The maximum atomic E-state index is 12.1. The molecule has 0 radical (unpaired) electrons. The summed E-state index contributed by atoms with van der Waals surface area (Å²) in [5.74, 6) is 0.219. The molecular weight excluding hydrogens is 286 g/mol. The predicted octanol–water partition coefficient (Wildman–Crippen LogP) is 2.35. The summed E-state index contributed by atoms with van der Waals surface area (Å²) in [4.78, 5) is 18.5. The normalized spacial score (nSPS) is 19.6. The predicted molar refractivity (Wildman–Crippen MR) is 84.4 cm³/mol. The molecule has 21 heavy (non-hydrogen) atoms. The van der Waals surface area contributed by atoms with Gasteiger partial charge in [-0.1, -0.05) is 20.8 Å². The average Bonchev–Trinajstić information content (AvgIpc) is 2.94. The number of piperidine rings is 1. The summed E-state index contributed by atoms with van der Waals surface area (Å²) >= 11 is 1.59.